The molecule has 0 atom stereocenters. The minimum atomic E-state index is 0.446. The zero-order chi connectivity index (χ0) is 19.9. The maximum atomic E-state index is 5.62. The summed E-state index contributed by atoms with van der Waals surface area (Å²) >= 11 is 5.62. The van der Waals surface area contributed by atoms with Crippen LogP contribution in [-0.2, 0) is 6.42 Å². The van der Waals surface area contributed by atoms with E-state index < -0.39 is 0 Å². The number of benzene rings is 2. The summed E-state index contributed by atoms with van der Waals surface area (Å²) in [6, 6.07) is 15.5. The van der Waals surface area contributed by atoms with Crippen LogP contribution in [0.1, 0.15) is 18.4 Å². The van der Waals surface area contributed by atoms with E-state index in [0.717, 1.165) is 40.0 Å². The van der Waals surface area contributed by atoms with Gasteiger partial charge in [-0.2, -0.15) is 0 Å². The van der Waals surface area contributed by atoms with E-state index in [1.54, 1.807) is 0 Å². The summed E-state index contributed by atoms with van der Waals surface area (Å²) < 4.78 is 0. The Kier molecular flexibility index (Phi) is 6.29. The predicted octanol–water partition coefficient (Wildman–Crippen LogP) is 4.64. The fourth-order valence-electron chi connectivity index (χ4n) is 2.54. The van der Waals surface area contributed by atoms with E-state index in [-0.39, 0.29) is 0 Å². The van der Waals surface area contributed by atoms with Gasteiger partial charge < -0.3 is 20.7 Å². The minimum Gasteiger partial charge on any atom is -0.369 e. The van der Waals surface area contributed by atoms with Crippen molar-refractivity contribution in [1.29, 1.82) is 0 Å². The normalized spacial score (nSPS) is 10.2. The first-order valence-electron chi connectivity index (χ1n) is 8.86. The molecule has 0 aliphatic heterocycles. The molecule has 0 amide bonds. The van der Waals surface area contributed by atoms with Crippen LogP contribution in [-0.4, -0.2) is 29.9 Å². The zero-order valence-electron chi connectivity index (χ0n) is 15.7. The number of anilines is 1. The third-order valence-electron chi connectivity index (χ3n) is 3.86. The number of nitrogens with zero attached hydrogens (tertiary/aromatic N) is 3. The molecule has 144 valence electrons. The molecule has 7 nitrogen and oxygen atoms in total. The number of halogens is 1. The third-order valence-corrected chi connectivity index (χ3v) is 4.04. The van der Waals surface area contributed by atoms with E-state index in [9.17, 15) is 0 Å². The van der Waals surface area contributed by atoms with Crippen LogP contribution in [0, 0.1) is 6.92 Å². The maximum absolute atomic E-state index is 5.62. The first-order chi connectivity index (χ1) is 13.5. The van der Waals surface area contributed by atoms with Crippen LogP contribution in [0.25, 0.3) is 22.1 Å². The summed E-state index contributed by atoms with van der Waals surface area (Å²) in [5.74, 6) is 1.55. The van der Waals surface area contributed by atoms with Crippen molar-refractivity contribution in [3.8, 4) is 0 Å². The highest BCUT2D eigenvalue weighted by molar-refractivity contribution is 6.29. The number of nitrogen functional groups attached to an aromatic ring is 1. The van der Waals surface area contributed by atoms with E-state index in [2.05, 4.69) is 36.8 Å². The Labute approximate surface area is 167 Å². The second-order valence-corrected chi connectivity index (χ2v) is 6.41. The highest BCUT2D eigenvalue weighted by atomic mass is 35.5. The molecule has 0 aliphatic rings. The number of para-hydroxylation sites is 4. The molecule has 0 saturated heterocycles. The smallest absolute Gasteiger partial charge is 0.201 e. The zero-order valence-corrected chi connectivity index (χ0v) is 16.5. The van der Waals surface area contributed by atoms with Crippen molar-refractivity contribution < 1.29 is 0 Å². The van der Waals surface area contributed by atoms with Gasteiger partial charge in [0.25, 0.3) is 0 Å². The first kappa shape index (κ1) is 19.4. The molecular weight excluding hydrogens is 374 g/mol. The second kappa shape index (κ2) is 9.05. The molecule has 5 aromatic rings. The lowest BCUT2D eigenvalue weighted by Crippen LogP contribution is -1.84. The van der Waals surface area contributed by atoms with E-state index in [0.29, 0.717) is 11.2 Å². The van der Waals surface area contributed by atoms with Gasteiger partial charge in [0.05, 0.1) is 22.1 Å². The van der Waals surface area contributed by atoms with Crippen molar-refractivity contribution in [3.05, 3.63) is 71.5 Å². The van der Waals surface area contributed by atoms with Gasteiger partial charge in [-0.15, -0.1) is 0 Å². The summed E-state index contributed by atoms with van der Waals surface area (Å²) in [5.41, 5.74) is 10.4. The molecule has 0 aliphatic carbocycles. The van der Waals surface area contributed by atoms with Crippen molar-refractivity contribution in [2.24, 2.45) is 0 Å². The summed E-state index contributed by atoms with van der Waals surface area (Å²) in [5, 5.41) is 0.446. The highest BCUT2D eigenvalue weighted by Crippen LogP contribution is 2.12. The van der Waals surface area contributed by atoms with Crippen LogP contribution in [0.2, 0.25) is 5.28 Å². The summed E-state index contributed by atoms with van der Waals surface area (Å²) in [6.07, 6.45) is 2.84. The van der Waals surface area contributed by atoms with E-state index in [1.165, 1.54) is 0 Å². The summed E-state index contributed by atoms with van der Waals surface area (Å²) in [6.45, 7) is 4.09. The highest BCUT2D eigenvalue weighted by Gasteiger charge is 1.96. The molecule has 0 spiro atoms. The molecule has 2 aromatic carbocycles. The summed E-state index contributed by atoms with van der Waals surface area (Å²) in [7, 11) is 0. The molecule has 28 heavy (non-hydrogen) atoms. The number of nitrogens with one attached hydrogen (secondary N) is 3. The van der Waals surface area contributed by atoms with Gasteiger partial charge in [0.1, 0.15) is 5.82 Å². The number of fused-ring (bicyclic) bond motifs is 2. The van der Waals surface area contributed by atoms with Gasteiger partial charge >= 0.3 is 0 Å². The molecule has 8 heteroatoms. The Hall–Kier alpha value is -3.32. The molecule has 0 radical (unpaired) electrons. The maximum Gasteiger partial charge on any atom is 0.201 e. The molecule has 0 saturated carbocycles. The lowest BCUT2D eigenvalue weighted by Gasteiger charge is -1.82. The van der Waals surface area contributed by atoms with Crippen LogP contribution < -0.4 is 5.73 Å². The number of hydrogen-bond donors (Lipinski definition) is 4. The summed E-state index contributed by atoms with van der Waals surface area (Å²) in [4.78, 5) is 21.1. The van der Waals surface area contributed by atoms with Crippen molar-refractivity contribution >= 4 is 39.6 Å². The van der Waals surface area contributed by atoms with E-state index >= 15 is 0 Å². The second-order valence-electron chi connectivity index (χ2n) is 6.05. The third kappa shape index (κ3) is 5.11. The van der Waals surface area contributed by atoms with Crippen molar-refractivity contribution in [1.82, 2.24) is 29.9 Å². The largest absolute Gasteiger partial charge is 0.369 e. The lowest BCUT2D eigenvalue weighted by atomic mass is 10.3. The van der Waals surface area contributed by atoms with Gasteiger partial charge in [0.15, 0.2) is 5.95 Å². The fourth-order valence-corrected chi connectivity index (χ4v) is 2.73. The number of aromatic nitrogens is 6. The van der Waals surface area contributed by atoms with Gasteiger partial charge in [-0.3, -0.25) is 0 Å². The number of hydrogen-bond acceptors (Lipinski definition) is 4. The number of nitrogens with two attached hydrogens (primary N) is 1. The Bertz CT molecular complexity index is 1020. The number of H-pyrrole nitrogens is 3. The molecule has 0 unspecified atom stereocenters. The van der Waals surface area contributed by atoms with E-state index in [1.807, 2.05) is 61.7 Å². The molecule has 3 heterocycles. The lowest BCUT2D eigenvalue weighted by molar-refractivity contribution is 0.982. The Morgan fingerprint density at radius 3 is 2.00 bits per heavy atom. The minimum absolute atomic E-state index is 0.446. The fraction of sp³-hybridized carbons (Fsp3) is 0.150. The van der Waals surface area contributed by atoms with Crippen molar-refractivity contribution in [3.63, 3.8) is 0 Å². The number of aryl methyl sites for hydroxylation is 2. The van der Waals surface area contributed by atoms with E-state index in [4.69, 9.17) is 17.3 Å². The van der Waals surface area contributed by atoms with Crippen LogP contribution in [0.15, 0.2) is 54.7 Å². The van der Waals surface area contributed by atoms with Crippen LogP contribution >= 0.6 is 11.6 Å². The topological polar surface area (TPSA) is 112 Å². The Balaban J connectivity index is 0.000000122. The standard InChI is InChI=1S/C7H5ClN2.C7H7N3.C6H10N2/c2*8-7-9-5-3-1-2-4-6(5)10-7;1-3-6-7-4-5(2)8-6/h1-4H,(H,9,10);1-4H,(H3,8,9,10);4H,3H2,1-2H3,(H,7,8). The molecule has 5 rings (SSSR count). The SMILES string of the molecule is CCc1ncc(C)[nH]1.Clc1nc2ccccc2[nH]1.Nc1nc2ccccc2[nH]1. The molecular formula is C20H22ClN7. The van der Waals surface area contributed by atoms with Crippen LogP contribution in [0.3, 0.4) is 0 Å². The monoisotopic (exact) mass is 395 g/mol. The van der Waals surface area contributed by atoms with Crippen LogP contribution in [0.4, 0.5) is 5.95 Å². The predicted molar refractivity (Wildman–Crippen MR) is 114 cm³/mol. The number of imidazole rings is 3. The number of rotatable bonds is 1. The Morgan fingerprint density at radius 1 is 0.893 bits per heavy atom. The van der Waals surface area contributed by atoms with Crippen LogP contribution in [0.5, 0.6) is 0 Å². The Morgan fingerprint density at radius 2 is 1.50 bits per heavy atom. The van der Waals surface area contributed by atoms with Gasteiger partial charge in [0.2, 0.25) is 5.28 Å². The van der Waals surface area contributed by atoms with Gasteiger partial charge in [-0.1, -0.05) is 31.2 Å². The number of aromatic amines is 3. The quantitative estimate of drug-likeness (QED) is 0.331. The van der Waals surface area contributed by atoms with Crippen molar-refractivity contribution in [2.45, 2.75) is 20.3 Å². The average molecular weight is 396 g/mol. The van der Waals surface area contributed by atoms with Gasteiger partial charge in [-0.25, -0.2) is 15.0 Å². The first-order valence-corrected chi connectivity index (χ1v) is 9.24. The molecule has 5 N–H and O–H groups in total. The van der Waals surface area contributed by atoms with Gasteiger partial charge in [-0.05, 0) is 42.8 Å². The van der Waals surface area contributed by atoms with Gasteiger partial charge in [0, 0.05) is 18.3 Å². The van der Waals surface area contributed by atoms with Crippen molar-refractivity contribution in [2.75, 3.05) is 5.73 Å². The molecule has 0 fully saturated rings. The average Bonchev–Trinajstić information content (AvgIpc) is 3.38. The molecule has 3 aromatic heterocycles. The molecule has 0 bridgehead atoms.